The number of amides is 1. The number of hydrogen-bond donors (Lipinski definition) is 1. The van der Waals surface area contributed by atoms with Gasteiger partial charge in [0.05, 0.1) is 24.7 Å². The fourth-order valence-corrected chi connectivity index (χ4v) is 5.02. The summed E-state index contributed by atoms with van der Waals surface area (Å²) in [6, 6.07) is 7.16. The first-order valence-corrected chi connectivity index (χ1v) is 12.9. The predicted molar refractivity (Wildman–Crippen MR) is 121 cm³/mol. The van der Waals surface area contributed by atoms with Crippen molar-refractivity contribution in [3.63, 3.8) is 0 Å². The molecule has 1 aromatic heterocycles. The molecule has 1 fully saturated rings. The fraction of sp³-hybridized carbons (Fsp3) is 0.565. The molecule has 0 radical (unpaired) electrons. The number of nitrogens with zero attached hydrogens (tertiary/aromatic N) is 1. The number of oxazole rings is 1. The zero-order chi connectivity index (χ0) is 23.0. The lowest BCUT2D eigenvalue weighted by Gasteiger charge is -2.21. The van der Waals surface area contributed by atoms with Gasteiger partial charge in [-0.15, -0.1) is 0 Å². The van der Waals surface area contributed by atoms with Gasteiger partial charge in [-0.25, -0.2) is 13.4 Å². The molecule has 2 aromatic rings. The molecule has 0 atom stereocenters. The Kier molecular flexibility index (Phi) is 8.69. The van der Waals surface area contributed by atoms with Crippen LogP contribution in [0, 0.1) is 6.92 Å². The van der Waals surface area contributed by atoms with Gasteiger partial charge in [0.15, 0.2) is 9.84 Å². The molecular weight excluding hydrogens is 432 g/mol. The van der Waals surface area contributed by atoms with Gasteiger partial charge < -0.3 is 19.2 Å². The summed E-state index contributed by atoms with van der Waals surface area (Å²) < 4.78 is 41.7. The summed E-state index contributed by atoms with van der Waals surface area (Å²) in [6.45, 7) is 2.63. The van der Waals surface area contributed by atoms with Crippen LogP contribution in [0.1, 0.15) is 50.0 Å². The van der Waals surface area contributed by atoms with E-state index in [1.165, 1.54) is 19.3 Å². The predicted octanol–water partition coefficient (Wildman–Crippen LogP) is 3.43. The lowest BCUT2D eigenvalue weighted by molar-refractivity contribution is -0.118. The van der Waals surface area contributed by atoms with Crippen molar-refractivity contribution >= 4 is 15.7 Å². The molecule has 1 amide bonds. The average Bonchev–Trinajstić information content (AvgIpc) is 3.13. The van der Waals surface area contributed by atoms with Gasteiger partial charge in [-0.05, 0) is 44.4 Å². The average molecular weight is 465 g/mol. The molecule has 1 aromatic carbocycles. The molecule has 1 aliphatic rings. The van der Waals surface area contributed by atoms with Gasteiger partial charge in [-0.3, -0.25) is 4.79 Å². The Morgan fingerprint density at radius 2 is 2.03 bits per heavy atom. The number of ether oxygens (including phenoxy) is 2. The number of rotatable bonds is 11. The molecule has 1 aliphatic carbocycles. The van der Waals surface area contributed by atoms with Crippen LogP contribution >= 0.6 is 0 Å². The minimum atomic E-state index is -3.69. The number of carbonyl (C=O) groups is 1. The van der Waals surface area contributed by atoms with Crippen LogP contribution in [0.15, 0.2) is 28.7 Å². The highest BCUT2D eigenvalue weighted by molar-refractivity contribution is 7.91. The number of benzene rings is 1. The SMILES string of the molecule is COc1cccc(-c2nc(CS(=O)(=O)CC(=O)NCCCOC3CCCCC3)c(C)o2)c1. The molecule has 0 saturated heterocycles. The lowest BCUT2D eigenvalue weighted by atomic mass is 9.98. The Morgan fingerprint density at radius 1 is 1.25 bits per heavy atom. The van der Waals surface area contributed by atoms with Gasteiger partial charge in [0.25, 0.3) is 0 Å². The van der Waals surface area contributed by atoms with Crippen molar-refractivity contribution in [2.24, 2.45) is 0 Å². The van der Waals surface area contributed by atoms with E-state index < -0.39 is 21.5 Å². The van der Waals surface area contributed by atoms with E-state index in [0.29, 0.717) is 54.3 Å². The molecule has 3 rings (SSSR count). The second kappa shape index (κ2) is 11.5. The van der Waals surface area contributed by atoms with E-state index in [9.17, 15) is 13.2 Å². The number of aromatic nitrogens is 1. The van der Waals surface area contributed by atoms with Crippen molar-refractivity contribution in [1.29, 1.82) is 0 Å². The highest BCUT2D eigenvalue weighted by Gasteiger charge is 2.22. The van der Waals surface area contributed by atoms with Crippen molar-refractivity contribution in [2.45, 2.75) is 57.3 Å². The number of nitrogens with one attached hydrogen (secondary N) is 1. The number of sulfone groups is 1. The molecule has 1 saturated carbocycles. The first-order chi connectivity index (χ1) is 15.4. The molecule has 0 spiro atoms. The van der Waals surface area contributed by atoms with E-state index in [1.807, 2.05) is 0 Å². The maximum Gasteiger partial charge on any atom is 0.235 e. The summed E-state index contributed by atoms with van der Waals surface area (Å²) in [5.41, 5.74) is 0.987. The van der Waals surface area contributed by atoms with Gasteiger partial charge in [-0.2, -0.15) is 0 Å². The van der Waals surface area contributed by atoms with Crippen molar-refractivity contribution in [1.82, 2.24) is 10.3 Å². The Balaban J connectivity index is 1.46. The van der Waals surface area contributed by atoms with Crippen LogP contribution in [0.3, 0.4) is 0 Å². The highest BCUT2D eigenvalue weighted by Crippen LogP contribution is 2.26. The Bertz CT molecular complexity index is 996. The normalized spacial score (nSPS) is 14.9. The smallest absolute Gasteiger partial charge is 0.235 e. The second-order valence-electron chi connectivity index (χ2n) is 8.12. The van der Waals surface area contributed by atoms with Crippen LogP contribution < -0.4 is 10.1 Å². The van der Waals surface area contributed by atoms with Crippen LogP contribution in [0.5, 0.6) is 5.75 Å². The van der Waals surface area contributed by atoms with Crippen LogP contribution in [0.2, 0.25) is 0 Å². The third kappa shape index (κ3) is 7.34. The van der Waals surface area contributed by atoms with Crippen molar-refractivity contribution in [2.75, 3.05) is 26.0 Å². The summed E-state index contributed by atoms with van der Waals surface area (Å²) >= 11 is 0. The highest BCUT2D eigenvalue weighted by atomic mass is 32.2. The first kappa shape index (κ1) is 24.3. The van der Waals surface area contributed by atoms with Crippen LogP contribution in [0.4, 0.5) is 0 Å². The van der Waals surface area contributed by atoms with E-state index >= 15 is 0 Å². The molecule has 0 unspecified atom stereocenters. The Labute approximate surface area is 189 Å². The Morgan fingerprint density at radius 3 is 2.78 bits per heavy atom. The molecule has 176 valence electrons. The van der Waals surface area contributed by atoms with Crippen LogP contribution in [0.25, 0.3) is 11.5 Å². The molecule has 9 heteroatoms. The maximum absolute atomic E-state index is 12.5. The van der Waals surface area contributed by atoms with E-state index in [4.69, 9.17) is 13.9 Å². The fourth-order valence-electron chi connectivity index (χ4n) is 3.73. The summed E-state index contributed by atoms with van der Waals surface area (Å²) in [5, 5.41) is 2.66. The molecular formula is C23H32N2O6S. The van der Waals surface area contributed by atoms with Crippen molar-refractivity contribution in [3.8, 4) is 17.2 Å². The molecule has 0 bridgehead atoms. The van der Waals surface area contributed by atoms with E-state index in [-0.39, 0.29) is 5.75 Å². The van der Waals surface area contributed by atoms with E-state index in [0.717, 1.165) is 12.8 Å². The third-order valence-electron chi connectivity index (χ3n) is 5.47. The van der Waals surface area contributed by atoms with Gasteiger partial charge >= 0.3 is 0 Å². The van der Waals surface area contributed by atoms with Crippen LogP contribution in [-0.2, 0) is 25.1 Å². The Hall–Kier alpha value is -2.39. The standard InChI is InChI=1S/C23H32N2O6S/c1-17-21(25-23(31-17)18-8-6-11-20(14-18)29-2)15-32(27,28)16-22(26)24-12-7-13-30-19-9-4-3-5-10-19/h6,8,11,14,19H,3-5,7,9-10,12-13,15-16H2,1-2H3,(H,24,26). The molecule has 1 N–H and O–H groups in total. The number of hydrogen-bond acceptors (Lipinski definition) is 7. The van der Waals surface area contributed by atoms with Gasteiger partial charge in [0, 0.05) is 18.7 Å². The largest absolute Gasteiger partial charge is 0.497 e. The van der Waals surface area contributed by atoms with Crippen molar-refractivity contribution < 1.29 is 27.1 Å². The second-order valence-corrected chi connectivity index (χ2v) is 10.2. The monoisotopic (exact) mass is 464 g/mol. The minimum absolute atomic E-state index is 0.302. The summed E-state index contributed by atoms with van der Waals surface area (Å²) in [4.78, 5) is 16.4. The molecule has 0 aliphatic heterocycles. The van der Waals surface area contributed by atoms with Gasteiger partial charge in [0.2, 0.25) is 11.8 Å². The quantitative estimate of drug-likeness (QED) is 0.508. The summed E-state index contributed by atoms with van der Waals surface area (Å²) in [6.07, 6.45) is 6.90. The minimum Gasteiger partial charge on any atom is -0.497 e. The van der Waals surface area contributed by atoms with Crippen molar-refractivity contribution in [3.05, 3.63) is 35.7 Å². The number of aryl methyl sites for hydroxylation is 1. The number of methoxy groups -OCH3 is 1. The zero-order valence-electron chi connectivity index (χ0n) is 18.8. The molecule has 8 nitrogen and oxygen atoms in total. The first-order valence-electron chi connectivity index (χ1n) is 11.1. The van der Waals surface area contributed by atoms with Gasteiger partial charge in [-0.1, -0.05) is 25.3 Å². The zero-order valence-corrected chi connectivity index (χ0v) is 19.6. The summed E-state index contributed by atoms with van der Waals surface area (Å²) in [5.74, 6) is -0.0900. The topological polar surface area (TPSA) is 108 Å². The van der Waals surface area contributed by atoms with E-state index in [1.54, 1.807) is 38.3 Å². The van der Waals surface area contributed by atoms with Crippen LogP contribution in [-0.4, -0.2) is 51.4 Å². The van der Waals surface area contributed by atoms with E-state index in [2.05, 4.69) is 10.3 Å². The number of carbonyl (C=O) groups excluding carboxylic acids is 1. The summed E-state index contributed by atoms with van der Waals surface area (Å²) in [7, 11) is -2.13. The third-order valence-corrected chi connectivity index (χ3v) is 6.88. The lowest BCUT2D eigenvalue weighted by Crippen LogP contribution is -2.32. The molecule has 1 heterocycles. The van der Waals surface area contributed by atoms with Gasteiger partial charge in [0.1, 0.15) is 17.3 Å². The maximum atomic E-state index is 12.5. The molecule has 32 heavy (non-hydrogen) atoms.